The number of carbonyl (C=O) groups excluding carboxylic acids is 1. The summed E-state index contributed by atoms with van der Waals surface area (Å²) in [7, 11) is 0. The topological polar surface area (TPSA) is 56.0 Å². The van der Waals surface area contributed by atoms with E-state index in [1.54, 1.807) is 24.5 Å². The zero-order chi connectivity index (χ0) is 12.1. The molecule has 0 unspecified atom stereocenters. The van der Waals surface area contributed by atoms with Gasteiger partial charge in [-0.2, -0.15) is 0 Å². The molecule has 0 bridgehead atoms. The highest BCUT2D eigenvalue weighted by Gasteiger charge is 2.05. The molecule has 0 aliphatic heterocycles. The number of hydrogen-bond donors (Lipinski definition) is 1. The largest absolute Gasteiger partial charge is 0.399 e. The first-order valence-electron chi connectivity index (χ1n) is 5.53. The number of anilines is 1. The maximum atomic E-state index is 11.8. The molecule has 1 heterocycles. The van der Waals surface area contributed by atoms with Gasteiger partial charge in [0.1, 0.15) is 0 Å². The Hall–Kier alpha value is -2.16. The number of rotatable bonds is 4. The molecule has 0 aliphatic carbocycles. The molecular formula is C14H14N2O. The first-order chi connectivity index (χ1) is 8.25. The number of aryl methyl sites for hydroxylation is 1. The van der Waals surface area contributed by atoms with Crippen LogP contribution < -0.4 is 5.73 Å². The van der Waals surface area contributed by atoms with Gasteiger partial charge in [-0.25, -0.2) is 0 Å². The van der Waals surface area contributed by atoms with Crippen LogP contribution in [-0.2, 0) is 6.42 Å². The lowest BCUT2D eigenvalue weighted by Gasteiger charge is -2.02. The predicted octanol–water partition coefficient (Wildman–Crippen LogP) is 2.48. The summed E-state index contributed by atoms with van der Waals surface area (Å²) in [4.78, 5) is 15.8. The van der Waals surface area contributed by atoms with E-state index in [1.807, 2.05) is 24.3 Å². The summed E-state index contributed by atoms with van der Waals surface area (Å²) < 4.78 is 0. The number of aromatic nitrogens is 1. The van der Waals surface area contributed by atoms with Crippen molar-refractivity contribution in [2.45, 2.75) is 12.8 Å². The van der Waals surface area contributed by atoms with E-state index < -0.39 is 0 Å². The van der Waals surface area contributed by atoms with Gasteiger partial charge in [-0.3, -0.25) is 9.78 Å². The first-order valence-corrected chi connectivity index (χ1v) is 5.53. The van der Waals surface area contributed by atoms with Crippen molar-refractivity contribution < 1.29 is 4.79 Å². The zero-order valence-electron chi connectivity index (χ0n) is 9.47. The van der Waals surface area contributed by atoms with Gasteiger partial charge in [0.25, 0.3) is 0 Å². The van der Waals surface area contributed by atoms with Crippen LogP contribution in [0.1, 0.15) is 22.3 Å². The monoisotopic (exact) mass is 226 g/mol. The number of benzene rings is 1. The maximum absolute atomic E-state index is 11.8. The van der Waals surface area contributed by atoms with Crippen LogP contribution in [0.4, 0.5) is 5.69 Å². The molecule has 0 spiro atoms. The van der Waals surface area contributed by atoms with E-state index in [2.05, 4.69) is 4.98 Å². The van der Waals surface area contributed by atoms with Crippen LogP contribution in [0.5, 0.6) is 0 Å². The Morgan fingerprint density at radius 3 is 2.82 bits per heavy atom. The maximum Gasteiger partial charge on any atom is 0.164 e. The molecule has 0 atom stereocenters. The van der Waals surface area contributed by atoms with Crippen LogP contribution >= 0.6 is 0 Å². The minimum atomic E-state index is 0.112. The summed E-state index contributed by atoms with van der Waals surface area (Å²) in [5.74, 6) is 0.112. The Morgan fingerprint density at radius 2 is 2.12 bits per heavy atom. The fourth-order valence-electron chi connectivity index (χ4n) is 1.68. The highest BCUT2D eigenvalue weighted by atomic mass is 16.1. The third-order valence-corrected chi connectivity index (χ3v) is 2.58. The Morgan fingerprint density at radius 1 is 1.24 bits per heavy atom. The van der Waals surface area contributed by atoms with Crippen molar-refractivity contribution in [2.75, 3.05) is 5.73 Å². The van der Waals surface area contributed by atoms with Crippen molar-refractivity contribution in [2.24, 2.45) is 0 Å². The van der Waals surface area contributed by atoms with Crippen LogP contribution in [0.15, 0.2) is 48.8 Å². The molecule has 0 saturated heterocycles. The molecule has 1 aromatic carbocycles. The van der Waals surface area contributed by atoms with E-state index in [-0.39, 0.29) is 5.78 Å². The van der Waals surface area contributed by atoms with E-state index in [4.69, 9.17) is 5.73 Å². The molecular weight excluding hydrogens is 212 g/mol. The number of Topliss-reactive ketones (excluding diaryl/α,β-unsaturated/α-hetero) is 1. The number of nitrogen functional groups attached to an aromatic ring is 1. The predicted molar refractivity (Wildman–Crippen MR) is 67.7 cm³/mol. The number of carbonyl (C=O) groups is 1. The molecule has 3 heteroatoms. The van der Waals surface area contributed by atoms with Crippen molar-refractivity contribution in [3.8, 4) is 0 Å². The normalized spacial score (nSPS) is 10.1. The van der Waals surface area contributed by atoms with Gasteiger partial charge in [-0.15, -0.1) is 0 Å². The van der Waals surface area contributed by atoms with Crippen molar-refractivity contribution >= 4 is 11.5 Å². The van der Waals surface area contributed by atoms with Crippen molar-refractivity contribution in [1.82, 2.24) is 4.98 Å². The van der Waals surface area contributed by atoms with Gasteiger partial charge in [-0.05, 0) is 36.2 Å². The van der Waals surface area contributed by atoms with E-state index in [1.165, 1.54) is 0 Å². The average molecular weight is 226 g/mol. The molecule has 0 radical (unpaired) electrons. The summed E-state index contributed by atoms with van der Waals surface area (Å²) in [6.45, 7) is 0. The molecule has 1 aromatic heterocycles. The lowest BCUT2D eigenvalue weighted by Crippen LogP contribution is -2.01. The number of ketones is 1. The van der Waals surface area contributed by atoms with Crippen LogP contribution in [-0.4, -0.2) is 10.8 Å². The second-order valence-corrected chi connectivity index (χ2v) is 3.91. The van der Waals surface area contributed by atoms with E-state index in [0.717, 1.165) is 11.3 Å². The molecule has 86 valence electrons. The van der Waals surface area contributed by atoms with Gasteiger partial charge in [0.05, 0.1) is 0 Å². The lowest BCUT2D eigenvalue weighted by molar-refractivity contribution is 0.0982. The Bertz CT molecular complexity index is 509. The third kappa shape index (κ3) is 3.14. The molecule has 2 N–H and O–H groups in total. The number of pyridine rings is 1. The SMILES string of the molecule is Nc1cccc(CCC(=O)c2cccnc2)c1. The smallest absolute Gasteiger partial charge is 0.164 e. The molecule has 0 saturated carbocycles. The second kappa shape index (κ2) is 5.25. The van der Waals surface area contributed by atoms with Crippen molar-refractivity contribution in [3.05, 3.63) is 59.9 Å². The molecule has 0 amide bonds. The lowest BCUT2D eigenvalue weighted by atomic mass is 10.0. The minimum absolute atomic E-state index is 0.112. The summed E-state index contributed by atoms with van der Waals surface area (Å²) in [5.41, 5.74) is 8.16. The second-order valence-electron chi connectivity index (χ2n) is 3.91. The van der Waals surface area contributed by atoms with Gasteiger partial charge in [0.15, 0.2) is 5.78 Å². The highest BCUT2D eigenvalue weighted by Crippen LogP contribution is 2.10. The number of nitrogens with two attached hydrogens (primary N) is 1. The summed E-state index contributed by atoms with van der Waals surface area (Å²) in [6, 6.07) is 11.2. The molecule has 0 fully saturated rings. The molecule has 2 rings (SSSR count). The highest BCUT2D eigenvalue weighted by molar-refractivity contribution is 5.95. The van der Waals surface area contributed by atoms with Crippen LogP contribution in [0.25, 0.3) is 0 Å². The zero-order valence-corrected chi connectivity index (χ0v) is 9.47. The fourth-order valence-corrected chi connectivity index (χ4v) is 1.68. The Labute approximate surface area is 100 Å². The average Bonchev–Trinajstić information content (AvgIpc) is 2.37. The quantitative estimate of drug-likeness (QED) is 0.643. The Balaban J connectivity index is 1.97. The van der Waals surface area contributed by atoms with Gasteiger partial charge >= 0.3 is 0 Å². The van der Waals surface area contributed by atoms with Crippen molar-refractivity contribution in [1.29, 1.82) is 0 Å². The standard InChI is InChI=1S/C14H14N2O/c15-13-5-1-3-11(9-13)6-7-14(17)12-4-2-8-16-10-12/h1-5,8-10H,6-7,15H2. The van der Waals surface area contributed by atoms with E-state index >= 15 is 0 Å². The van der Waals surface area contributed by atoms with Crippen LogP contribution in [0.3, 0.4) is 0 Å². The first kappa shape index (κ1) is 11.3. The number of hydrogen-bond acceptors (Lipinski definition) is 3. The molecule has 0 aliphatic rings. The molecule has 17 heavy (non-hydrogen) atoms. The van der Waals surface area contributed by atoms with Gasteiger partial charge < -0.3 is 5.73 Å². The summed E-state index contributed by atoms with van der Waals surface area (Å²) in [6.07, 6.45) is 4.45. The third-order valence-electron chi connectivity index (χ3n) is 2.58. The minimum Gasteiger partial charge on any atom is -0.399 e. The number of nitrogens with zero attached hydrogens (tertiary/aromatic N) is 1. The van der Waals surface area contributed by atoms with Gasteiger partial charge in [0.2, 0.25) is 0 Å². The van der Waals surface area contributed by atoms with Crippen LogP contribution in [0.2, 0.25) is 0 Å². The summed E-state index contributed by atoms with van der Waals surface area (Å²) >= 11 is 0. The van der Waals surface area contributed by atoms with E-state index in [9.17, 15) is 4.79 Å². The molecule has 2 aromatic rings. The molecule has 3 nitrogen and oxygen atoms in total. The fraction of sp³-hybridized carbons (Fsp3) is 0.143. The van der Waals surface area contributed by atoms with Crippen LogP contribution in [0, 0.1) is 0 Å². The van der Waals surface area contributed by atoms with Crippen molar-refractivity contribution in [3.63, 3.8) is 0 Å². The van der Waals surface area contributed by atoms with Gasteiger partial charge in [-0.1, -0.05) is 12.1 Å². The Kier molecular flexibility index (Phi) is 3.50. The van der Waals surface area contributed by atoms with Gasteiger partial charge in [0, 0.05) is 30.1 Å². The summed E-state index contributed by atoms with van der Waals surface area (Å²) in [5, 5.41) is 0. The van der Waals surface area contributed by atoms with E-state index in [0.29, 0.717) is 18.4 Å².